The van der Waals surface area contributed by atoms with Crippen LogP contribution in [0.25, 0.3) is 11.1 Å². The van der Waals surface area contributed by atoms with Gasteiger partial charge in [-0.1, -0.05) is 48.5 Å². The summed E-state index contributed by atoms with van der Waals surface area (Å²) < 4.78 is 5.63. The van der Waals surface area contributed by atoms with Crippen molar-refractivity contribution in [2.45, 2.75) is 32.8 Å². The fraction of sp³-hybridized carbons (Fsp3) is 0.231. The summed E-state index contributed by atoms with van der Waals surface area (Å²) in [6, 6.07) is 20.2. The molecule has 1 aliphatic carbocycles. The van der Waals surface area contributed by atoms with Crippen LogP contribution in [-0.2, 0) is 16.0 Å². The summed E-state index contributed by atoms with van der Waals surface area (Å²) in [5.41, 5.74) is 8.47. The molecule has 1 fully saturated rings. The lowest BCUT2D eigenvalue weighted by Crippen LogP contribution is -2.28. The molecule has 1 aliphatic heterocycles. The second-order valence-corrected chi connectivity index (χ2v) is 8.32. The van der Waals surface area contributed by atoms with E-state index in [4.69, 9.17) is 4.74 Å². The van der Waals surface area contributed by atoms with E-state index in [1.54, 1.807) is 4.90 Å². The first-order valence-electron chi connectivity index (χ1n) is 10.5. The number of carbonyl (C=O) groups is 2. The van der Waals surface area contributed by atoms with Crippen molar-refractivity contribution in [1.29, 1.82) is 0 Å². The van der Waals surface area contributed by atoms with Crippen LogP contribution in [0.15, 0.2) is 60.7 Å². The highest BCUT2D eigenvalue weighted by atomic mass is 16.6. The Labute approximate surface area is 181 Å². The van der Waals surface area contributed by atoms with Crippen molar-refractivity contribution in [3.8, 4) is 11.1 Å². The predicted molar refractivity (Wildman–Crippen MR) is 121 cm³/mol. The molecule has 156 valence electrons. The Hall–Kier alpha value is -3.60. The molecule has 1 N–H and O–H groups in total. The maximum atomic E-state index is 12.6. The van der Waals surface area contributed by atoms with E-state index in [2.05, 4.69) is 23.5 Å². The SMILES string of the molecule is Cc1ccc(C)c(N2CC(OC(=O)Nc3cccc4c3Cc3ccccc3-4)CC2=O)c1. The van der Waals surface area contributed by atoms with Crippen LogP contribution in [0, 0.1) is 13.8 Å². The molecular formula is C26H24N2O3. The summed E-state index contributed by atoms with van der Waals surface area (Å²) in [6.45, 7) is 4.35. The van der Waals surface area contributed by atoms with Gasteiger partial charge >= 0.3 is 6.09 Å². The summed E-state index contributed by atoms with van der Waals surface area (Å²) in [4.78, 5) is 27.0. The van der Waals surface area contributed by atoms with Gasteiger partial charge in [0.1, 0.15) is 6.10 Å². The third-order valence-electron chi connectivity index (χ3n) is 6.11. The van der Waals surface area contributed by atoms with Gasteiger partial charge in [-0.3, -0.25) is 10.1 Å². The zero-order valence-electron chi connectivity index (χ0n) is 17.6. The molecule has 0 radical (unpaired) electrons. The fourth-order valence-electron chi connectivity index (χ4n) is 4.56. The Morgan fingerprint density at radius 1 is 1.03 bits per heavy atom. The largest absolute Gasteiger partial charge is 0.444 e. The molecule has 1 atom stereocenters. The lowest BCUT2D eigenvalue weighted by molar-refractivity contribution is -0.117. The number of nitrogens with zero attached hydrogens (tertiary/aromatic N) is 1. The van der Waals surface area contributed by atoms with Gasteiger partial charge in [-0.15, -0.1) is 0 Å². The summed E-state index contributed by atoms with van der Waals surface area (Å²) >= 11 is 0. The Bertz CT molecular complexity index is 1200. The highest BCUT2D eigenvalue weighted by molar-refractivity contribution is 5.97. The van der Waals surface area contributed by atoms with E-state index < -0.39 is 12.2 Å². The topological polar surface area (TPSA) is 58.6 Å². The van der Waals surface area contributed by atoms with Gasteiger partial charge in [-0.05, 0) is 59.4 Å². The lowest BCUT2D eigenvalue weighted by atomic mass is 10.1. The van der Waals surface area contributed by atoms with Gasteiger partial charge in [0, 0.05) is 17.8 Å². The first-order chi connectivity index (χ1) is 15.0. The molecule has 3 aromatic rings. The third-order valence-corrected chi connectivity index (χ3v) is 6.11. The number of aryl methyl sites for hydroxylation is 2. The number of rotatable bonds is 3. The average Bonchev–Trinajstić information content (AvgIpc) is 3.30. The smallest absolute Gasteiger partial charge is 0.411 e. The van der Waals surface area contributed by atoms with Crippen molar-refractivity contribution < 1.29 is 14.3 Å². The molecule has 1 unspecified atom stereocenters. The van der Waals surface area contributed by atoms with Crippen molar-refractivity contribution in [2.75, 3.05) is 16.8 Å². The first-order valence-corrected chi connectivity index (χ1v) is 10.5. The number of ether oxygens (including phenoxy) is 1. The van der Waals surface area contributed by atoms with Crippen LogP contribution in [-0.4, -0.2) is 24.6 Å². The van der Waals surface area contributed by atoms with E-state index in [1.165, 1.54) is 11.1 Å². The molecule has 1 saturated heterocycles. The maximum absolute atomic E-state index is 12.6. The lowest BCUT2D eigenvalue weighted by Gasteiger charge is -2.20. The molecule has 0 bridgehead atoms. The second kappa shape index (κ2) is 7.58. The van der Waals surface area contributed by atoms with Crippen LogP contribution >= 0.6 is 0 Å². The number of fused-ring (bicyclic) bond motifs is 3. The van der Waals surface area contributed by atoms with Gasteiger partial charge in [0.25, 0.3) is 0 Å². The molecule has 3 aromatic carbocycles. The van der Waals surface area contributed by atoms with E-state index >= 15 is 0 Å². The highest BCUT2D eigenvalue weighted by Crippen LogP contribution is 2.40. The second-order valence-electron chi connectivity index (χ2n) is 8.32. The van der Waals surface area contributed by atoms with Crippen LogP contribution in [0.4, 0.5) is 16.2 Å². The minimum Gasteiger partial charge on any atom is -0.444 e. The van der Waals surface area contributed by atoms with Crippen molar-refractivity contribution >= 4 is 23.4 Å². The Balaban J connectivity index is 1.28. The van der Waals surface area contributed by atoms with Crippen molar-refractivity contribution in [3.05, 3.63) is 82.9 Å². The van der Waals surface area contributed by atoms with Crippen LogP contribution in [0.5, 0.6) is 0 Å². The monoisotopic (exact) mass is 412 g/mol. The van der Waals surface area contributed by atoms with Gasteiger partial charge in [0.2, 0.25) is 5.91 Å². The van der Waals surface area contributed by atoms with Gasteiger partial charge in [-0.25, -0.2) is 4.79 Å². The van der Waals surface area contributed by atoms with E-state index in [1.807, 2.05) is 56.3 Å². The highest BCUT2D eigenvalue weighted by Gasteiger charge is 2.34. The number of carbonyl (C=O) groups excluding carboxylic acids is 2. The average molecular weight is 412 g/mol. The van der Waals surface area contributed by atoms with Gasteiger partial charge in [0.05, 0.1) is 13.0 Å². The molecule has 31 heavy (non-hydrogen) atoms. The zero-order valence-corrected chi connectivity index (χ0v) is 17.6. The van der Waals surface area contributed by atoms with Gasteiger partial charge < -0.3 is 9.64 Å². The number of anilines is 2. The number of hydrogen-bond donors (Lipinski definition) is 1. The molecule has 5 heteroatoms. The summed E-state index contributed by atoms with van der Waals surface area (Å²) in [5, 5.41) is 2.90. The number of nitrogens with one attached hydrogen (secondary N) is 1. The summed E-state index contributed by atoms with van der Waals surface area (Å²) in [5.74, 6) is -0.0254. The molecule has 2 aliphatic rings. The van der Waals surface area contributed by atoms with Crippen LogP contribution in [0.1, 0.15) is 28.7 Å². The van der Waals surface area contributed by atoms with Crippen LogP contribution < -0.4 is 10.2 Å². The summed E-state index contributed by atoms with van der Waals surface area (Å²) in [7, 11) is 0. The Morgan fingerprint density at radius 2 is 1.84 bits per heavy atom. The first kappa shape index (κ1) is 19.4. The zero-order chi connectivity index (χ0) is 21.5. The molecule has 5 rings (SSSR count). The normalized spacial score (nSPS) is 16.8. The Morgan fingerprint density at radius 3 is 2.71 bits per heavy atom. The Kier molecular flexibility index (Phi) is 4.74. The van der Waals surface area contributed by atoms with E-state index in [-0.39, 0.29) is 12.3 Å². The van der Waals surface area contributed by atoms with Gasteiger partial charge in [-0.2, -0.15) is 0 Å². The van der Waals surface area contributed by atoms with Crippen molar-refractivity contribution in [1.82, 2.24) is 0 Å². The van der Waals surface area contributed by atoms with Crippen LogP contribution in [0.2, 0.25) is 0 Å². The van der Waals surface area contributed by atoms with Crippen molar-refractivity contribution in [2.24, 2.45) is 0 Å². The number of amides is 2. The molecule has 0 aromatic heterocycles. The minimum atomic E-state index is -0.523. The molecule has 0 spiro atoms. The maximum Gasteiger partial charge on any atom is 0.411 e. The third kappa shape index (κ3) is 3.56. The predicted octanol–water partition coefficient (Wildman–Crippen LogP) is 5.23. The molecule has 2 amide bonds. The number of benzene rings is 3. The van der Waals surface area contributed by atoms with E-state index in [0.717, 1.165) is 40.0 Å². The molecule has 5 nitrogen and oxygen atoms in total. The standard InChI is InChI=1S/C26H24N2O3/c1-16-10-11-17(2)24(12-16)28-15-19(14-25(28)29)31-26(30)27-23-9-5-8-21-20-7-4-3-6-18(20)13-22(21)23/h3-12,19H,13-15H2,1-2H3,(H,27,30). The minimum absolute atomic E-state index is 0.0254. The fourth-order valence-corrected chi connectivity index (χ4v) is 4.56. The molecule has 1 heterocycles. The number of hydrogen-bond acceptors (Lipinski definition) is 3. The molecular weight excluding hydrogens is 388 g/mol. The van der Waals surface area contributed by atoms with E-state index in [0.29, 0.717) is 6.54 Å². The van der Waals surface area contributed by atoms with E-state index in [9.17, 15) is 9.59 Å². The summed E-state index contributed by atoms with van der Waals surface area (Å²) in [6.07, 6.45) is -0.0185. The van der Waals surface area contributed by atoms with Crippen molar-refractivity contribution in [3.63, 3.8) is 0 Å². The van der Waals surface area contributed by atoms with Gasteiger partial charge in [0.15, 0.2) is 0 Å². The quantitative estimate of drug-likeness (QED) is 0.501. The van der Waals surface area contributed by atoms with Crippen LogP contribution in [0.3, 0.4) is 0 Å². The molecule has 0 saturated carbocycles.